The van der Waals surface area contributed by atoms with E-state index in [1.165, 1.54) is 0 Å². The predicted molar refractivity (Wildman–Crippen MR) is 80.1 cm³/mol. The molecule has 0 fully saturated rings. The third-order valence-corrected chi connectivity index (χ3v) is 3.62. The highest BCUT2D eigenvalue weighted by Gasteiger charge is 2.22. The van der Waals surface area contributed by atoms with Gasteiger partial charge in [-0.1, -0.05) is 54.1 Å². The van der Waals surface area contributed by atoms with E-state index in [4.69, 9.17) is 17.3 Å². The molecule has 0 aliphatic heterocycles. The molecule has 3 heteroatoms. The fourth-order valence-electron chi connectivity index (χ4n) is 2.13. The highest BCUT2D eigenvalue weighted by Crippen LogP contribution is 2.33. The minimum Gasteiger partial charge on any atom is -0.385 e. The summed E-state index contributed by atoms with van der Waals surface area (Å²) in [6.07, 6.45) is 0.508. The van der Waals surface area contributed by atoms with Crippen molar-refractivity contribution in [3.63, 3.8) is 0 Å². The molecule has 1 unspecified atom stereocenters. The Hall–Kier alpha value is -1.35. The lowest BCUT2D eigenvalue weighted by Gasteiger charge is -2.23. The van der Waals surface area contributed by atoms with E-state index in [9.17, 15) is 5.11 Å². The van der Waals surface area contributed by atoms with Gasteiger partial charge in [0, 0.05) is 10.6 Å². The second kappa shape index (κ2) is 5.74. The molecule has 1 atom stereocenters. The number of benzene rings is 2. The van der Waals surface area contributed by atoms with Crippen molar-refractivity contribution in [2.45, 2.75) is 18.9 Å². The summed E-state index contributed by atoms with van der Waals surface area (Å²) in [6.45, 7) is 2.19. The first-order valence-corrected chi connectivity index (χ1v) is 6.70. The molecule has 0 aromatic heterocycles. The maximum atomic E-state index is 10.3. The summed E-state index contributed by atoms with van der Waals surface area (Å²) in [5.74, 6) is 0. The predicted octanol–water partition coefficient (Wildman–Crippen LogP) is 3.56. The molecule has 0 amide bonds. The smallest absolute Gasteiger partial charge is 0.0881 e. The van der Waals surface area contributed by atoms with Crippen molar-refractivity contribution in [1.82, 2.24) is 0 Å². The molecule has 0 heterocycles. The zero-order valence-electron chi connectivity index (χ0n) is 10.9. The molecule has 0 aliphatic carbocycles. The Morgan fingerprint density at radius 3 is 2.42 bits per heavy atom. The molecule has 0 saturated carbocycles. The maximum absolute atomic E-state index is 10.3. The molecule has 0 radical (unpaired) electrons. The van der Waals surface area contributed by atoms with Gasteiger partial charge in [-0.15, -0.1) is 0 Å². The number of rotatable bonds is 4. The number of hydrogen-bond donors (Lipinski definition) is 2. The van der Waals surface area contributed by atoms with Gasteiger partial charge in [-0.25, -0.2) is 0 Å². The first-order chi connectivity index (χ1) is 9.04. The van der Waals surface area contributed by atoms with Gasteiger partial charge in [0.1, 0.15) is 0 Å². The second-order valence-electron chi connectivity index (χ2n) is 4.87. The third kappa shape index (κ3) is 3.16. The Labute approximate surface area is 118 Å². The first kappa shape index (κ1) is 14.1. The zero-order chi connectivity index (χ0) is 13.9. The van der Waals surface area contributed by atoms with Gasteiger partial charge >= 0.3 is 0 Å². The Balaban J connectivity index is 2.38. The van der Waals surface area contributed by atoms with Crippen molar-refractivity contribution < 1.29 is 5.11 Å². The standard InChI is InChI=1S/C16H18ClNO/c1-16(19,9-10-18)13-7-8-14(15(17)11-13)12-5-3-2-4-6-12/h2-8,11,19H,9-10,18H2,1H3. The molecule has 3 N–H and O–H groups in total. The van der Waals surface area contributed by atoms with Crippen LogP contribution in [0.2, 0.25) is 5.02 Å². The summed E-state index contributed by atoms with van der Waals surface area (Å²) < 4.78 is 0. The van der Waals surface area contributed by atoms with E-state index in [0.29, 0.717) is 18.0 Å². The number of hydrogen-bond acceptors (Lipinski definition) is 2. The van der Waals surface area contributed by atoms with Crippen molar-refractivity contribution in [3.05, 3.63) is 59.1 Å². The van der Waals surface area contributed by atoms with Crippen LogP contribution in [0.3, 0.4) is 0 Å². The summed E-state index contributed by atoms with van der Waals surface area (Å²) in [5.41, 5.74) is 7.41. The molecule has 0 bridgehead atoms. The summed E-state index contributed by atoms with van der Waals surface area (Å²) in [7, 11) is 0. The zero-order valence-corrected chi connectivity index (χ0v) is 11.7. The summed E-state index contributed by atoms with van der Waals surface area (Å²) in [4.78, 5) is 0. The molecule has 19 heavy (non-hydrogen) atoms. The van der Waals surface area contributed by atoms with E-state index in [1.54, 1.807) is 6.92 Å². The second-order valence-corrected chi connectivity index (χ2v) is 5.28. The van der Waals surface area contributed by atoms with E-state index in [0.717, 1.165) is 16.7 Å². The Morgan fingerprint density at radius 2 is 1.84 bits per heavy atom. The van der Waals surface area contributed by atoms with Crippen LogP contribution in [0.4, 0.5) is 0 Å². The fourth-order valence-corrected chi connectivity index (χ4v) is 2.42. The third-order valence-electron chi connectivity index (χ3n) is 3.31. The van der Waals surface area contributed by atoms with Crippen LogP contribution in [0.1, 0.15) is 18.9 Å². The van der Waals surface area contributed by atoms with Gasteiger partial charge in [0.2, 0.25) is 0 Å². The molecular formula is C16H18ClNO. The topological polar surface area (TPSA) is 46.2 Å². The highest BCUT2D eigenvalue weighted by molar-refractivity contribution is 6.33. The van der Waals surface area contributed by atoms with Gasteiger partial charge in [-0.2, -0.15) is 0 Å². The van der Waals surface area contributed by atoms with Crippen molar-refractivity contribution in [3.8, 4) is 11.1 Å². The number of nitrogens with two attached hydrogens (primary N) is 1. The largest absolute Gasteiger partial charge is 0.385 e. The lowest BCUT2D eigenvalue weighted by atomic mass is 9.91. The Bertz CT molecular complexity index is 552. The SMILES string of the molecule is CC(O)(CCN)c1ccc(-c2ccccc2)c(Cl)c1. The minimum atomic E-state index is -0.937. The van der Waals surface area contributed by atoms with Crippen LogP contribution < -0.4 is 5.73 Å². The van der Waals surface area contributed by atoms with Crippen molar-refractivity contribution in [2.75, 3.05) is 6.54 Å². The Morgan fingerprint density at radius 1 is 1.16 bits per heavy atom. The lowest BCUT2D eigenvalue weighted by Crippen LogP contribution is -2.24. The van der Waals surface area contributed by atoms with Gasteiger partial charge in [0.25, 0.3) is 0 Å². The average Bonchev–Trinajstić information content (AvgIpc) is 2.39. The summed E-state index contributed by atoms with van der Waals surface area (Å²) >= 11 is 6.33. The van der Waals surface area contributed by atoms with E-state index in [1.807, 2.05) is 48.5 Å². The number of aliphatic hydroxyl groups is 1. The normalized spacial score (nSPS) is 14.1. The van der Waals surface area contributed by atoms with Crippen LogP contribution in [0, 0.1) is 0 Å². The molecule has 0 aliphatic rings. The van der Waals surface area contributed by atoms with E-state index in [-0.39, 0.29) is 0 Å². The monoisotopic (exact) mass is 275 g/mol. The van der Waals surface area contributed by atoms with Crippen molar-refractivity contribution >= 4 is 11.6 Å². The van der Waals surface area contributed by atoms with Gasteiger partial charge in [0.05, 0.1) is 5.60 Å². The quantitative estimate of drug-likeness (QED) is 0.896. The molecule has 2 aromatic rings. The van der Waals surface area contributed by atoms with Crippen LogP contribution in [-0.2, 0) is 5.60 Å². The molecule has 0 spiro atoms. The molecule has 100 valence electrons. The average molecular weight is 276 g/mol. The van der Waals surface area contributed by atoms with Crippen LogP contribution in [0.15, 0.2) is 48.5 Å². The first-order valence-electron chi connectivity index (χ1n) is 6.32. The molecule has 2 aromatic carbocycles. The fraction of sp³-hybridized carbons (Fsp3) is 0.250. The number of halogens is 1. The molecular weight excluding hydrogens is 258 g/mol. The van der Waals surface area contributed by atoms with Gasteiger partial charge < -0.3 is 10.8 Å². The molecule has 0 saturated heterocycles. The highest BCUT2D eigenvalue weighted by atomic mass is 35.5. The van der Waals surface area contributed by atoms with E-state index in [2.05, 4.69) is 0 Å². The van der Waals surface area contributed by atoms with Crippen LogP contribution in [0.25, 0.3) is 11.1 Å². The van der Waals surface area contributed by atoms with E-state index >= 15 is 0 Å². The summed E-state index contributed by atoms with van der Waals surface area (Å²) in [6, 6.07) is 15.6. The lowest BCUT2D eigenvalue weighted by molar-refractivity contribution is 0.0504. The minimum absolute atomic E-state index is 0.436. The van der Waals surface area contributed by atoms with Crippen molar-refractivity contribution in [1.29, 1.82) is 0 Å². The summed E-state index contributed by atoms with van der Waals surface area (Å²) in [5, 5.41) is 11.0. The maximum Gasteiger partial charge on any atom is 0.0881 e. The van der Waals surface area contributed by atoms with Crippen molar-refractivity contribution in [2.24, 2.45) is 5.73 Å². The van der Waals surface area contributed by atoms with E-state index < -0.39 is 5.60 Å². The van der Waals surface area contributed by atoms with Gasteiger partial charge in [-0.05, 0) is 37.1 Å². The van der Waals surface area contributed by atoms with Crippen LogP contribution in [-0.4, -0.2) is 11.7 Å². The molecule has 2 rings (SSSR count). The molecule has 2 nitrogen and oxygen atoms in total. The van der Waals surface area contributed by atoms with Gasteiger partial charge in [0.15, 0.2) is 0 Å². The van der Waals surface area contributed by atoms with Crippen LogP contribution in [0.5, 0.6) is 0 Å². The van der Waals surface area contributed by atoms with Gasteiger partial charge in [-0.3, -0.25) is 0 Å². The Kier molecular flexibility index (Phi) is 4.25. The van der Waals surface area contributed by atoms with Crippen LogP contribution >= 0.6 is 11.6 Å².